The van der Waals surface area contributed by atoms with Crippen LogP contribution in [0.4, 0.5) is 0 Å². The van der Waals surface area contributed by atoms with E-state index in [0.717, 1.165) is 38.9 Å². The highest BCUT2D eigenvalue weighted by Gasteiger charge is 2.28. The Morgan fingerprint density at radius 1 is 1.37 bits per heavy atom. The topological polar surface area (TPSA) is 41.6 Å². The number of carbonyl (C=O) groups is 1. The molecule has 0 aromatic rings. The number of ether oxygens (including phenoxy) is 1. The van der Waals surface area contributed by atoms with Crippen LogP contribution in [0.1, 0.15) is 52.9 Å². The molecule has 1 saturated heterocycles. The molecule has 1 N–H and O–H groups in total. The van der Waals surface area contributed by atoms with E-state index in [1.54, 1.807) is 0 Å². The standard InChI is InChI=1S/C15H30N2O2/c1-4-8-14(15(18)19-6-3)17(11-5-2)12-13-9-7-10-16-13/h13-14,16H,4-12H2,1-3H3. The molecule has 4 heteroatoms. The van der Waals surface area contributed by atoms with Gasteiger partial charge in [0, 0.05) is 12.6 Å². The van der Waals surface area contributed by atoms with E-state index in [-0.39, 0.29) is 12.0 Å². The first-order valence-corrected chi connectivity index (χ1v) is 7.86. The van der Waals surface area contributed by atoms with E-state index in [1.807, 2.05) is 6.92 Å². The fraction of sp³-hybridized carbons (Fsp3) is 0.933. The Hall–Kier alpha value is -0.610. The van der Waals surface area contributed by atoms with Crippen molar-refractivity contribution in [2.24, 2.45) is 0 Å². The van der Waals surface area contributed by atoms with Crippen molar-refractivity contribution >= 4 is 5.97 Å². The molecule has 4 nitrogen and oxygen atoms in total. The first-order valence-electron chi connectivity index (χ1n) is 7.86. The second kappa shape index (κ2) is 9.32. The van der Waals surface area contributed by atoms with Crippen LogP contribution in [0.3, 0.4) is 0 Å². The van der Waals surface area contributed by atoms with Crippen LogP contribution in [0.5, 0.6) is 0 Å². The zero-order chi connectivity index (χ0) is 14.1. The highest BCUT2D eigenvalue weighted by molar-refractivity contribution is 5.75. The Morgan fingerprint density at radius 2 is 2.16 bits per heavy atom. The number of rotatable bonds is 9. The van der Waals surface area contributed by atoms with Gasteiger partial charge in [-0.3, -0.25) is 9.69 Å². The lowest BCUT2D eigenvalue weighted by Crippen LogP contribution is -2.48. The molecular weight excluding hydrogens is 240 g/mol. The molecule has 1 fully saturated rings. The minimum Gasteiger partial charge on any atom is -0.465 e. The molecule has 112 valence electrons. The van der Waals surface area contributed by atoms with Gasteiger partial charge in [0.05, 0.1) is 6.61 Å². The molecule has 0 spiro atoms. The van der Waals surface area contributed by atoms with Crippen molar-refractivity contribution in [3.63, 3.8) is 0 Å². The van der Waals surface area contributed by atoms with E-state index in [2.05, 4.69) is 24.1 Å². The molecule has 0 aromatic carbocycles. The molecule has 1 aliphatic heterocycles. The summed E-state index contributed by atoms with van der Waals surface area (Å²) >= 11 is 0. The molecule has 0 amide bonds. The van der Waals surface area contributed by atoms with E-state index in [4.69, 9.17) is 4.74 Å². The first kappa shape index (κ1) is 16.4. The molecule has 1 rings (SSSR count). The van der Waals surface area contributed by atoms with Crippen molar-refractivity contribution in [3.8, 4) is 0 Å². The molecule has 1 heterocycles. The summed E-state index contributed by atoms with van der Waals surface area (Å²) < 4.78 is 5.25. The van der Waals surface area contributed by atoms with Gasteiger partial charge >= 0.3 is 5.97 Å². The predicted molar refractivity (Wildman–Crippen MR) is 78.2 cm³/mol. The maximum atomic E-state index is 12.1. The molecule has 1 aliphatic rings. The number of nitrogens with zero attached hydrogens (tertiary/aromatic N) is 1. The Labute approximate surface area is 117 Å². The van der Waals surface area contributed by atoms with Crippen LogP contribution in [0.25, 0.3) is 0 Å². The van der Waals surface area contributed by atoms with Crippen LogP contribution in [0, 0.1) is 0 Å². The number of hydrogen-bond donors (Lipinski definition) is 1. The number of carbonyl (C=O) groups excluding carboxylic acids is 1. The van der Waals surface area contributed by atoms with Crippen LogP contribution >= 0.6 is 0 Å². The van der Waals surface area contributed by atoms with Gasteiger partial charge in [-0.1, -0.05) is 20.3 Å². The quantitative estimate of drug-likeness (QED) is 0.652. The molecule has 0 saturated carbocycles. The maximum absolute atomic E-state index is 12.1. The molecule has 0 aromatic heterocycles. The number of esters is 1. The van der Waals surface area contributed by atoms with Crippen LogP contribution in [0.15, 0.2) is 0 Å². The third-order valence-electron chi connectivity index (χ3n) is 3.69. The average Bonchev–Trinajstić information content (AvgIpc) is 2.88. The molecule has 2 atom stereocenters. The molecule has 2 unspecified atom stereocenters. The minimum atomic E-state index is -0.0627. The summed E-state index contributed by atoms with van der Waals surface area (Å²) in [5, 5.41) is 3.52. The lowest BCUT2D eigenvalue weighted by Gasteiger charge is -2.31. The van der Waals surface area contributed by atoms with Gasteiger partial charge in [-0.15, -0.1) is 0 Å². The summed E-state index contributed by atoms with van der Waals surface area (Å²) in [6.45, 7) is 9.71. The Bertz CT molecular complexity index is 253. The van der Waals surface area contributed by atoms with Crippen LogP contribution in [-0.4, -0.2) is 49.2 Å². The van der Waals surface area contributed by atoms with E-state index < -0.39 is 0 Å². The third-order valence-corrected chi connectivity index (χ3v) is 3.69. The van der Waals surface area contributed by atoms with Gasteiger partial charge in [0.2, 0.25) is 0 Å². The molecular formula is C15H30N2O2. The van der Waals surface area contributed by atoms with Crippen molar-refractivity contribution < 1.29 is 9.53 Å². The normalized spacial score (nSPS) is 20.7. The lowest BCUT2D eigenvalue weighted by molar-refractivity contribution is -0.150. The van der Waals surface area contributed by atoms with Crippen LogP contribution < -0.4 is 5.32 Å². The second-order valence-electron chi connectivity index (χ2n) is 5.34. The Balaban J connectivity index is 2.63. The molecule has 0 aliphatic carbocycles. The van der Waals surface area contributed by atoms with Crippen LogP contribution in [-0.2, 0) is 9.53 Å². The lowest BCUT2D eigenvalue weighted by atomic mass is 10.1. The highest BCUT2D eigenvalue weighted by atomic mass is 16.5. The van der Waals surface area contributed by atoms with E-state index >= 15 is 0 Å². The average molecular weight is 270 g/mol. The van der Waals surface area contributed by atoms with Crippen LogP contribution in [0.2, 0.25) is 0 Å². The zero-order valence-corrected chi connectivity index (χ0v) is 12.8. The van der Waals surface area contributed by atoms with Gasteiger partial charge in [0.25, 0.3) is 0 Å². The van der Waals surface area contributed by atoms with Crippen molar-refractivity contribution in [1.82, 2.24) is 10.2 Å². The highest BCUT2D eigenvalue weighted by Crippen LogP contribution is 2.14. The fourth-order valence-electron chi connectivity index (χ4n) is 2.82. The van der Waals surface area contributed by atoms with Gasteiger partial charge in [-0.05, 0) is 45.7 Å². The Kier molecular flexibility index (Phi) is 8.07. The summed E-state index contributed by atoms with van der Waals surface area (Å²) in [7, 11) is 0. The summed E-state index contributed by atoms with van der Waals surface area (Å²) in [6.07, 6.45) is 5.46. The van der Waals surface area contributed by atoms with Gasteiger partial charge in [0.1, 0.15) is 6.04 Å². The fourth-order valence-corrected chi connectivity index (χ4v) is 2.82. The van der Waals surface area contributed by atoms with Gasteiger partial charge < -0.3 is 10.1 Å². The maximum Gasteiger partial charge on any atom is 0.323 e. The first-order chi connectivity index (χ1) is 9.22. The zero-order valence-electron chi connectivity index (χ0n) is 12.8. The number of hydrogen-bond acceptors (Lipinski definition) is 4. The van der Waals surface area contributed by atoms with Crippen molar-refractivity contribution in [3.05, 3.63) is 0 Å². The van der Waals surface area contributed by atoms with Gasteiger partial charge in [0.15, 0.2) is 0 Å². The van der Waals surface area contributed by atoms with Gasteiger partial charge in [-0.25, -0.2) is 0 Å². The summed E-state index contributed by atoms with van der Waals surface area (Å²) in [5.74, 6) is -0.0456. The van der Waals surface area contributed by atoms with E-state index in [1.165, 1.54) is 12.8 Å². The minimum absolute atomic E-state index is 0.0456. The largest absolute Gasteiger partial charge is 0.465 e. The molecule has 19 heavy (non-hydrogen) atoms. The van der Waals surface area contributed by atoms with Gasteiger partial charge in [-0.2, -0.15) is 0 Å². The summed E-state index contributed by atoms with van der Waals surface area (Å²) in [4.78, 5) is 14.5. The summed E-state index contributed by atoms with van der Waals surface area (Å²) in [6, 6.07) is 0.479. The predicted octanol–water partition coefficient (Wildman–Crippen LogP) is 2.18. The smallest absolute Gasteiger partial charge is 0.323 e. The SMILES string of the molecule is CCCC(C(=O)OCC)N(CCC)CC1CCCN1. The molecule has 0 radical (unpaired) electrons. The third kappa shape index (κ3) is 5.49. The summed E-state index contributed by atoms with van der Waals surface area (Å²) in [5.41, 5.74) is 0. The van der Waals surface area contributed by atoms with E-state index in [9.17, 15) is 4.79 Å². The Morgan fingerprint density at radius 3 is 2.68 bits per heavy atom. The van der Waals surface area contributed by atoms with Crippen molar-refractivity contribution in [2.75, 3.05) is 26.2 Å². The monoisotopic (exact) mass is 270 g/mol. The second-order valence-corrected chi connectivity index (χ2v) is 5.34. The number of nitrogens with one attached hydrogen (secondary N) is 1. The van der Waals surface area contributed by atoms with E-state index in [0.29, 0.717) is 12.6 Å². The molecule has 0 bridgehead atoms. The van der Waals surface area contributed by atoms with Crippen molar-refractivity contribution in [1.29, 1.82) is 0 Å². The van der Waals surface area contributed by atoms with Crippen molar-refractivity contribution in [2.45, 2.75) is 65.0 Å².